The van der Waals surface area contributed by atoms with Gasteiger partial charge in [0.1, 0.15) is 5.82 Å². The lowest BCUT2D eigenvalue weighted by atomic mass is 9.93. The second kappa shape index (κ2) is 9.22. The fraction of sp³-hybridized carbons (Fsp3) is 0.636. The third kappa shape index (κ3) is 5.76. The summed E-state index contributed by atoms with van der Waals surface area (Å²) < 4.78 is 13.8. The van der Waals surface area contributed by atoms with Crippen molar-refractivity contribution in [3.8, 4) is 0 Å². The Morgan fingerprint density at radius 2 is 1.93 bits per heavy atom. The first-order valence-corrected chi connectivity index (χ1v) is 10.5. The Kier molecular flexibility index (Phi) is 6.90. The van der Waals surface area contributed by atoms with Crippen LogP contribution in [0.15, 0.2) is 18.2 Å². The Labute approximate surface area is 172 Å². The highest BCUT2D eigenvalue weighted by Gasteiger charge is 2.34. The van der Waals surface area contributed by atoms with Gasteiger partial charge in [-0.25, -0.2) is 4.39 Å². The Morgan fingerprint density at radius 3 is 2.59 bits per heavy atom. The van der Waals surface area contributed by atoms with Crippen LogP contribution in [0.4, 0.5) is 4.39 Å². The van der Waals surface area contributed by atoms with E-state index in [1.807, 2.05) is 0 Å². The van der Waals surface area contributed by atoms with Crippen molar-refractivity contribution in [3.05, 3.63) is 35.1 Å². The Hall–Kier alpha value is -1.99. The minimum absolute atomic E-state index is 0.00376. The average Bonchev–Trinajstić information content (AvgIpc) is 2.86. The van der Waals surface area contributed by atoms with Gasteiger partial charge >= 0.3 is 0 Å². The summed E-state index contributed by atoms with van der Waals surface area (Å²) in [4.78, 5) is 28.0. The molecule has 1 unspecified atom stereocenters. The first-order valence-electron chi connectivity index (χ1n) is 10.5. The molecule has 0 aromatic heterocycles. The van der Waals surface area contributed by atoms with Crippen LogP contribution in [0.3, 0.4) is 0 Å². The molecule has 2 N–H and O–H groups in total. The number of aryl methyl sites for hydroxylation is 1. The number of benzene rings is 1. The van der Waals surface area contributed by atoms with E-state index in [-0.39, 0.29) is 23.7 Å². The average molecular weight is 406 g/mol. The summed E-state index contributed by atoms with van der Waals surface area (Å²) in [6.07, 6.45) is 3.65. The summed E-state index contributed by atoms with van der Waals surface area (Å²) in [7, 11) is 0. The number of aliphatic hydroxyl groups is 1. The second-order valence-corrected chi connectivity index (χ2v) is 8.59. The summed E-state index contributed by atoms with van der Waals surface area (Å²) >= 11 is 0. The van der Waals surface area contributed by atoms with Gasteiger partial charge in [0.05, 0.1) is 5.60 Å². The van der Waals surface area contributed by atoms with Gasteiger partial charge < -0.3 is 20.2 Å². The number of amides is 2. The smallest absolute Gasteiger partial charge is 0.253 e. The predicted octanol–water partition coefficient (Wildman–Crippen LogP) is 2.09. The number of carbonyl (C=O) groups excluding carboxylic acids is 2. The van der Waals surface area contributed by atoms with E-state index in [2.05, 4.69) is 10.2 Å². The molecule has 0 aliphatic carbocycles. The van der Waals surface area contributed by atoms with Gasteiger partial charge in [0.2, 0.25) is 5.91 Å². The van der Waals surface area contributed by atoms with E-state index >= 15 is 0 Å². The molecule has 160 valence electrons. The van der Waals surface area contributed by atoms with Crippen LogP contribution in [-0.2, 0) is 4.79 Å². The SMILES string of the molecule is CC(=O)NC1CCN(CC2(O)CCCN(C(=O)c3ccc(C)c(F)c3)CC2)CC1. The third-order valence-electron chi connectivity index (χ3n) is 6.14. The van der Waals surface area contributed by atoms with E-state index in [9.17, 15) is 19.1 Å². The number of halogens is 1. The molecule has 6 nitrogen and oxygen atoms in total. The largest absolute Gasteiger partial charge is 0.388 e. The lowest BCUT2D eigenvalue weighted by molar-refractivity contribution is -0.120. The Balaban J connectivity index is 1.54. The van der Waals surface area contributed by atoms with Gasteiger partial charge in [0, 0.05) is 51.3 Å². The van der Waals surface area contributed by atoms with Crippen LogP contribution in [0.2, 0.25) is 0 Å². The van der Waals surface area contributed by atoms with E-state index < -0.39 is 5.60 Å². The standard InChI is InChI=1S/C22H32FN3O3/c1-16-4-5-18(14-20(16)23)21(28)26-10-3-8-22(29,9-13-26)15-25-11-6-19(7-12-25)24-17(2)27/h4-5,14,19,29H,3,6-13,15H2,1-2H3,(H,24,27). The van der Waals surface area contributed by atoms with Crippen LogP contribution in [0.1, 0.15) is 54.9 Å². The molecule has 2 fully saturated rings. The molecule has 2 aliphatic rings. The first kappa shape index (κ1) is 21.7. The Morgan fingerprint density at radius 1 is 1.21 bits per heavy atom. The minimum Gasteiger partial charge on any atom is -0.388 e. The molecule has 29 heavy (non-hydrogen) atoms. The summed E-state index contributed by atoms with van der Waals surface area (Å²) in [5.74, 6) is -0.543. The minimum atomic E-state index is -0.825. The fourth-order valence-electron chi connectivity index (χ4n) is 4.39. The molecule has 0 radical (unpaired) electrons. The van der Waals surface area contributed by atoms with Crippen molar-refractivity contribution in [2.24, 2.45) is 0 Å². The van der Waals surface area contributed by atoms with Crippen LogP contribution in [0.25, 0.3) is 0 Å². The van der Waals surface area contributed by atoms with Crippen LogP contribution in [0, 0.1) is 12.7 Å². The molecule has 0 bridgehead atoms. The highest BCUT2D eigenvalue weighted by molar-refractivity contribution is 5.94. The molecule has 0 saturated carbocycles. The molecule has 1 atom stereocenters. The van der Waals surface area contributed by atoms with Gasteiger partial charge in [-0.3, -0.25) is 9.59 Å². The molecular formula is C22H32FN3O3. The van der Waals surface area contributed by atoms with Crippen molar-refractivity contribution < 1.29 is 19.1 Å². The number of likely N-dealkylation sites (tertiary alicyclic amines) is 2. The third-order valence-corrected chi connectivity index (χ3v) is 6.14. The zero-order valence-electron chi connectivity index (χ0n) is 17.4. The van der Waals surface area contributed by atoms with Crippen molar-refractivity contribution in [1.29, 1.82) is 0 Å². The van der Waals surface area contributed by atoms with E-state index in [1.54, 1.807) is 30.9 Å². The number of β-amino-alcohol motifs (C(OH)–C–C–N with tert-alkyl or cyclic N) is 1. The van der Waals surface area contributed by atoms with E-state index in [4.69, 9.17) is 0 Å². The van der Waals surface area contributed by atoms with E-state index in [1.165, 1.54) is 6.07 Å². The number of hydrogen-bond acceptors (Lipinski definition) is 4. The molecule has 2 amide bonds. The lowest BCUT2D eigenvalue weighted by Gasteiger charge is -2.38. The monoisotopic (exact) mass is 405 g/mol. The quantitative estimate of drug-likeness (QED) is 0.805. The molecule has 1 aromatic carbocycles. The van der Waals surface area contributed by atoms with Crippen LogP contribution in [-0.4, -0.2) is 71.1 Å². The first-order chi connectivity index (χ1) is 13.8. The van der Waals surface area contributed by atoms with Crippen molar-refractivity contribution in [2.45, 2.75) is 57.6 Å². The Bertz CT molecular complexity index is 749. The lowest BCUT2D eigenvalue weighted by Crippen LogP contribution is -2.50. The molecule has 0 spiro atoms. The maximum atomic E-state index is 13.8. The van der Waals surface area contributed by atoms with Gasteiger partial charge in [-0.2, -0.15) is 0 Å². The molecule has 1 aromatic rings. The summed E-state index contributed by atoms with van der Waals surface area (Å²) in [5.41, 5.74) is 0.0571. The zero-order chi connectivity index (χ0) is 21.0. The number of nitrogens with zero attached hydrogens (tertiary/aromatic N) is 2. The van der Waals surface area contributed by atoms with Gasteiger partial charge in [-0.1, -0.05) is 6.07 Å². The van der Waals surface area contributed by atoms with Crippen LogP contribution >= 0.6 is 0 Å². The summed E-state index contributed by atoms with van der Waals surface area (Å²) in [6.45, 7) is 6.53. The highest BCUT2D eigenvalue weighted by Crippen LogP contribution is 2.26. The molecule has 2 saturated heterocycles. The zero-order valence-corrected chi connectivity index (χ0v) is 17.4. The normalized spacial score (nSPS) is 24.2. The number of nitrogens with one attached hydrogen (secondary N) is 1. The van der Waals surface area contributed by atoms with Gasteiger partial charge in [-0.05, 0) is 56.7 Å². The maximum Gasteiger partial charge on any atom is 0.253 e. The second-order valence-electron chi connectivity index (χ2n) is 8.59. The number of piperidine rings is 1. The molecular weight excluding hydrogens is 373 g/mol. The van der Waals surface area contributed by atoms with Crippen molar-refractivity contribution in [3.63, 3.8) is 0 Å². The highest BCUT2D eigenvalue weighted by atomic mass is 19.1. The van der Waals surface area contributed by atoms with Crippen LogP contribution < -0.4 is 5.32 Å². The number of rotatable bonds is 4. The molecule has 2 heterocycles. The predicted molar refractivity (Wildman–Crippen MR) is 109 cm³/mol. The summed E-state index contributed by atoms with van der Waals surface area (Å²) in [6, 6.07) is 4.81. The van der Waals surface area contributed by atoms with Crippen molar-refractivity contribution in [1.82, 2.24) is 15.1 Å². The van der Waals surface area contributed by atoms with Crippen molar-refractivity contribution in [2.75, 3.05) is 32.7 Å². The van der Waals surface area contributed by atoms with Gasteiger partial charge in [-0.15, -0.1) is 0 Å². The maximum absolute atomic E-state index is 13.8. The number of hydrogen-bond donors (Lipinski definition) is 2. The van der Waals surface area contributed by atoms with Crippen LogP contribution in [0.5, 0.6) is 0 Å². The fourth-order valence-corrected chi connectivity index (χ4v) is 4.39. The molecule has 2 aliphatic heterocycles. The molecule has 7 heteroatoms. The summed E-state index contributed by atoms with van der Waals surface area (Å²) in [5, 5.41) is 14.1. The van der Waals surface area contributed by atoms with E-state index in [0.29, 0.717) is 43.6 Å². The topological polar surface area (TPSA) is 72.9 Å². The van der Waals surface area contributed by atoms with E-state index in [0.717, 1.165) is 32.4 Å². The van der Waals surface area contributed by atoms with Gasteiger partial charge in [0.15, 0.2) is 0 Å². The van der Waals surface area contributed by atoms with Gasteiger partial charge in [0.25, 0.3) is 5.91 Å². The van der Waals surface area contributed by atoms with Crippen molar-refractivity contribution >= 4 is 11.8 Å². The number of carbonyl (C=O) groups is 2. The molecule has 3 rings (SSSR count).